The third-order valence-corrected chi connectivity index (χ3v) is 9.76. The molecule has 2 rings (SSSR count). The molecule has 0 aliphatic heterocycles. The van der Waals surface area contributed by atoms with E-state index in [0.29, 0.717) is 11.5 Å². The van der Waals surface area contributed by atoms with Crippen LogP contribution in [0.5, 0.6) is 0 Å². The summed E-state index contributed by atoms with van der Waals surface area (Å²) in [6.45, 7) is 18.7. The van der Waals surface area contributed by atoms with E-state index in [1.807, 2.05) is 0 Å². The minimum atomic E-state index is -1.70. The molecule has 0 N–H and O–H groups in total. The second-order valence-corrected chi connectivity index (χ2v) is 14.4. The normalized spacial score (nSPS) is 19.4. The van der Waals surface area contributed by atoms with Crippen molar-refractivity contribution in [3.05, 3.63) is 34.9 Å². The van der Waals surface area contributed by atoms with Crippen LogP contribution in [0.2, 0.25) is 18.1 Å². The minimum absolute atomic E-state index is 0.277. The molecule has 1 nitrogen and oxygen atoms in total. The lowest BCUT2D eigenvalue weighted by Crippen LogP contribution is -2.41. The van der Waals surface area contributed by atoms with Crippen LogP contribution in [0, 0.1) is 5.41 Å². The zero-order chi connectivity index (χ0) is 16.8. The molecule has 0 spiro atoms. The van der Waals surface area contributed by atoms with Crippen LogP contribution in [0.15, 0.2) is 18.2 Å². The molecular formula is C20H34OSi. The summed E-state index contributed by atoms with van der Waals surface area (Å²) >= 11 is 0. The van der Waals surface area contributed by atoms with Crippen LogP contribution in [0.3, 0.4) is 0 Å². The molecule has 22 heavy (non-hydrogen) atoms. The molecule has 0 amide bonds. The first-order chi connectivity index (χ1) is 9.91. The molecule has 0 saturated heterocycles. The van der Waals surface area contributed by atoms with E-state index in [9.17, 15) is 0 Å². The fourth-order valence-corrected chi connectivity index (χ4v) is 4.39. The SMILES string of the molecule is CC(C)(C)Cc1cccc2c1CC[C@@H]2O[Si](C)(C)C(C)(C)C. The van der Waals surface area contributed by atoms with Crippen molar-refractivity contribution in [2.75, 3.05) is 0 Å². The van der Waals surface area contributed by atoms with Gasteiger partial charge in [-0.2, -0.15) is 0 Å². The van der Waals surface area contributed by atoms with Gasteiger partial charge in [-0.25, -0.2) is 0 Å². The van der Waals surface area contributed by atoms with Crippen LogP contribution in [-0.2, 0) is 17.3 Å². The van der Waals surface area contributed by atoms with E-state index in [4.69, 9.17) is 4.43 Å². The number of rotatable bonds is 3. The number of hydrogen-bond donors (Lipinski definition) is 0. The van der Waals surface area contributed by atoms with Crippen molar-refractivity contribution < 1.29 is 4.43 Å². The Morgan fingerprint density at radius 1 is 1.09 bits per heavy atom. The lowest BCUT2D eigenvalue weighted by Gasteiger charge is -2.38. The van der Waals surface area contributed by atoms with Gasteiger partial charge in [0.1, 0.15) is 0 Å². The van der Waals surface area contributed by atoms with Gasteiger partial charge in [0.05, 0.1) is 6.10 Å². The van der Waals surface area contributed by atoms with Gasteiger partial charge in [0.15, 0.2) is 8.32 Å². The van der Waals surface area contributed by atoms with Crippen LogP contribution in [0.1, 0.15) is 70.8 Å². The lowest BCUT2D eigenvalue weighted by atomic mass is 9.85. The fourth-order valence-electron chi connectivity index (χ4n) is 3.08. The molecule has 124 valence electrons. The van der Waals surface area contributed by atoms with Gasteiger partial charge >= 0.3 is 0 Å². The maximum atomic E-state index is 6.71. The fraction of sp³-hybridized carbons (Fsp3) is 0.700. The molecule has 0 radical (unpaired) electrons. The molecule has 0 saturated carbocycles. The molecule has 1 aliphatic carbocycles. The quantitative estimate of drug-likeness (QED) is 0.595. The highest BCUT2D eigenvalue weighted by molar-refractivity contribution is 6.74. The highest BCUT2D eigenvalue weighted by atomic mass is 28.4. The summed E-state index contributed by atoms with van der Waals surface area (Å²) in [7, 11) is -1.70. The third-order valence-electron chi connectivity index (χ3n) is 5.28. The standard InChI is InChI=1S/C20H34OSi/c1-19(2,3)14-15-10-9-11-17-16(15)12-13-18(17)21-22(7,8)20(4,5)6/h9-11,18H,12-14H2,1-8H3/t18-/m0/s1. The van der Waals surface area contributed by atoms with E-state index >= 15 is 0 Å². The predicted molar refractivity (Wildman–Crippen MR) is 98.9 cm³/mol. The average molecular weight is 319 g/mol. The van der Waals surface area contributed by atoms with Crippen molar-refractivity contribution in [2.24, 2.45) is 5.41 Å². The van der Waals surface area contributed by atoms with Gasteiger partial charge in [-0.3, -0.25) is 0 Å². The Balaban J connectivity index is 2.25. The van der Waals surface area contributed by atoms with E-state index in [-0.39, 0.29) is 5.04 Å². The summed E-state index contributed by atoms with van der Waals surface area (Å²) in [5, 5.41) is 0.277. The van der Waals surface area contributed by atoms with E-state index in [0.717, 1.165) is 12.8 Å². The molecule has 0 heterocycles. The van der Waals surface area contributed by atoms with E-state index in [2.05, 4.69) is 72.8 Å². The second-order valence-electron chi connectivity index (χ2n) is 9.63. The topological polar surface area (TPSA) is 9.23 Å². The van der Waals surface area contributed by atoms with Gasteiger partial charge in [0.25, 0.3) is 0 Å². The highest BCUT2D eigenvalue weighted by Crippen LogP contribution is 2.44. The molecular weight excluding hydrogens is 284 g/mol. The molecule has 2 heteroatoms. The van der Waals surface area contributed by atoms with E-state index in [1.165, 1.54) is 17.5 Å². The molecule has 1 aliphatic rings. The first kappa shape index (κ1) is 17.7. The van der Waals surface area contributed by atoms with Crippen LogP contribution in [0.25, 0.3) is 0 Å². The van der Waals surface area contributed by atoms with Crippen molar-refractivity contribution in [3.8, 4) is 0 Å². The Kier molecular flexibility index (Phi) is 4.67. The van der Waals surface area contributed by atoms with E-state index in [1.54, 1.807) is 5.56 Å². The summed E-state index contributed by atoms with van der Waals surface area (Å²) in [5.41, 5.74) is 4.91. The highest BCUT2D eigenvalue weighted by Gasteiger charge is 2.41. The van der Waals surface area contributed by atoms with Gasteiger partial charge in [0, 0.05) is 0 Å². The zero-order valence-electron chi connectivity index (χ0n) is 15.8. The Bertz CT molecular complexity index is 532. The average Bonchev–Trinajstić information content (AvgIpc) is 2.70. The monoisotopic (exact) mass is 318 g/mol. The minimum Gasteiger partial charge on any atom is -0.410 e. The number of fused-ring (bicyclic) bond motifs is 1. The van der Waals surface area contributed by atoms with Crippen LogP contribution < -0.4 is 0 Å². The van der Waals surface area contributed by atoms with Gasteiger partial charge in [-0.1, -0.05) is 59.7 Å². The van der Waals surface area contributed by atoms with Gasteiger partial charge < -0.3 is 4.43 Å². The summed E-state index contributed by atoms with van der Waals surface area (Å²) in [6.07, 6.45) is 3.81. The second kappa shape index (κ2) is 5.79. The number of benzene rings is 1. The van der Waals surface area contributed by atoms with Crippen LogP contribution in [0.4, 0.5) is 0 Å². The Hall–Kier alpha value is -0.603. The molecule has 1 aromatic rings. The molecule has 0 aromatic heterocycles. The number of hydrogen-bond acceptors (Lipinski definition) is 1. The lowest BCUT2D eigenvalue weighted by molar-refractivity contribution is 0.185. The van der Waals surface area contributed by atoms with Crippen molar-refractivity contribution in [2.45, 2.75) is 85.0 Å². The van der Waals surface area contributed by atoms with Gasteiger partial charge in [-0.05, 0) is 59.5 Å². The Morgan fingerprint density at radius 3 is 2.27 bits per heavy atom. The first-order valence-corrected chi connectivity index (χ1v) is 11.6. The summed E-state index contributed by atoms with van der Waals surface area (Å²) in [5.74, 6) is 0. The summed E-state index contributed by atoms with van der Waals surface area (Å²) < 4.78 is 6.71. The predicted octanol–water partition coefficient (Wildman–Crippen LogP) is 6.28. The molecule has 0 fully saturated rings. The zero-order valence-corrected chi connectivity index (χ0v) is 16.8. The Labute approximate surface area is 138 Å². The summed E-state index contributed by atoms with van der Waals surface area (Å²) in [6, 6.07) is 6.85. The van der Waals surface area contributed by atoms with Crippen molar-refractivity contribution in [1.82, 2.24) is 0 Å². The van der Waals surface area contributed by atoms with Gasteiger partial charge in [-0.15, -0.1) is 0 Å². The van der Waals surface area contributed by atoms with Crippen molar-refractivity contribution in [3.63, 3.8) is 0 Å². The molecule has 0 unspecified atom stereocenters. The van der Waals surface area contributed by atoms with Crippen molar-refractivity contribution >= 4 is 8.32 Å². The smallest absolute Gasteiger partial charge is 0.192 e. The van der Waals surface area contributed by atoms with Crippen molar-refractivity contribution in [1.29, 1.82) is 0 Å². The van der Waals surface area contributed by atoms with E-state index < -0.39 is 8.32 Å². The van der Waals surface area contributed by atoms with Gasteiger partial charge in [0.2, 0.25) is 0 Å². The largest absolute Gasteiger partial charge is 0.410 e. The molecule has 0 bridgehead atoms. The molecule has 1 aromatic carbocycles. The summed E-state index contributed by atoms with van der Waals surface area (Å²) in [4.78, 5) is 0. The Morgan fingerprint density at radius 2 is 1.73 bits per heavy atom. The maximum absolute atomic E-state index is 6.71. The third kappa shape index (κ3) is 3.83. The first-order valence-electron chi connectivity index (χ1n) is 8.69. The molecule has 1 atom stereocenters. The van der Waals surface area contributed by atoms with Crippen LogP contribution >= 0.6 is 0 Å². The maximum Gasteiger partial charge on any atom is 0.192 e. The van der Waals surface area contributed by atoms with Crippen LogP contribution in [-0.4, -0.2) is 8.32 Å².